The molecular formula is C29H48O2. The summed E-state index contributed by atoms with van der Waals surface area (Å²) in [5.74, 6) is 5.51. The van der Waals surface area contributed by atoms with Crippen molar-refractivity contribution in [1.82, 2.24) is 0 Å². The van der Waals surface area contributed by atoms with Gasteiger partial charge < -0.3 is 4.74 Å². The first-order valence-corrected chi connectivity index (χ1v) is 13.8. The van der Waals surface area contributed by atoms with Gasteiger partial charge in [0.1, 0.15) is 11.4 Å². The smallest absolute Gasteiger partial charge is 0.135 e. The van der Waals surface area contributed by atoms with Crippen molar-refractivity contribution in [3.05, 3.63) is 0 Å². The van der Waals surface area contributed by atoms with E-state index in [9.17, 15) is 4.79 Å². The van der Waals surface area contributed by atoms with Crippen molar-refractivity contribution in [3.8, 4) is 0 Å². The molecule has 1 heterocycles. The van der Waals surface area contributed by atoms with E-state index in [0.29, 0.717) is 17.3 Å². The van der Waals surface area contributed by atoms with E-state index in [4.69, 9.17) is 4.74 Å². The number of rotatable bonds is 6. The van der Waals surface area contributed by atoms with Crippen molar-refractivity contribution in [2.75, 3.05) is 0 Å². The Kier molecular flexibility index (Phi) is 5.48. The van der Waals surface area contributed by atoms with Gasteiger partial charge in [0.2, 0.25) is 0 Å². The van der Waals surface area contributed by atoms with Gasteiger partial charge in [-0.25, -0.2) is 0 Å². The van der Waals surface area contributed by atoms with E-state index in [0.717, 1.165) is 41.9 Å². The van der Waals surface area contributed by atoms with Crippen LogP contribution in [0.5, 0.6) is 0 Å². The maximum absolute atomic E-state index is 12.9. The molecule has 1 aliphatic heterocycles. The SMILES string of the molecule is CC(=O)C1C[C@H]2[C@@H]3CC[C@H]([C@H](C)CCCC(C)C)[C@@]3(C)CC[C@@H]2[C@@]2(C)CCC[C@H]3O[C@]132. The highest BCUT2D eigenvalue weighted by atomic mass is 16.6. The van der Waals surface area contributed by atoms with Gasteiger partial charge in [0.25, 0.3) is 0 Å². The molecule has 5 aliphatic rings. The Morgan fingerprint density at radius 3 is 2.48 bits per heavy atom. The fraction of sp³-hybridized carbons (Fsp3) is 0.966. The van der Waals surface area contributed by atoms with Crippen LogP contribution in [0.15, 0.2) is 0 Å². The predicted octanol–water partition coefficient (Wildman–Crippen LogP) is 7.44. The molecule has 0 N–H and O–H groups in total. The average molecular weight is 429 g/mol. The molecular weight excluding hydrogens is 380 g/mol. The summed E-state index contributed by atoms with van der Waals surface area (Å²) >= 11 is 0. The van der Waals surface area contributed by atoms with E-state index in [1.54, 1.807) is 0 Å². The zero-order chi connectivity index (χ0) is 22.2. The topological polar surface area (TPSA) is 29.6 Å². The molecule has 176 valence electrons. The molecule has 0 aromatic carbocycles. The van der Waals surface area contributed by atoms with Crippen molar-refractivity contribution in [2.24, 2.45) is 52.3 Å². The monoisotopic (exact) mass is 428 g/mol. The quantitative estimate of drug-likeness (QED) is 0.411. The molecule has 1 unspecified atom stereocenters. The number of fused-ring (bicyclic) bond motifs is 4. The van der Waals surface area contributed by atoms with Gasteiger partial charge in [-0.05, 0) is 92.8 Å². The van der Waals surface area contributed by atoms with Crippen LogP contribution in [0.1, 0.15) is 112 Å². The minimum Gasteiger partial charge on any atom is -0.365 e. The summed E-state index contributed by atoms with van der Waals surface area (Å²) in [5, 5.41) is 0. The Hall–Kier alpha value is -0.370. The van der Waals surface area contributed by atoms with E-state index in [1.165, 1.54) is 64.2 Å². The second-order valence-corrected chi connectivity index (χ2v) is 13.5. The maximum atomic E-state index is 12.9. The Labute approximate surface area is 191 Å². The summed E-state index contributed by atoms with van der Waals surface area (Å²) in [5.41, 5.74) is 0.644. The molecule has 2 heteroatoms. The highest BCUT2D eigenvalue weighted by Crippen LogP contribution is 2.75. The third kappa shape index (κ3) is 3.08. The maximum Gasteiger partial charge on any atom is 0.135 e. The molecule has 31 heavy (non-hydrogen) atoms. The molecule has 1 spiro atoms. The predicted molar refractivity (Wildman–Crippen MR) is 127 cm³/mol. The lowest BCUT2D eigenvalue weighted by atomic mass is 9.42. The first kappa shape index (κ1) is 22.4. The molecule has 0 radical (unpaired) electrons. The lowest BCUT2D eigenvalue weighted by Gasteiger charge is -2.61. The average Bonchev–Trinajstić information content (AvgIpc) is 3.33. The summed E-state index contributed by atoms with van der Waals surface area (Å²) in [6.07, 6.45) is 15.1. The van der Waals surface area contributed by atoms with Gasteiger partial charge in [-0.2, -0.15) is 0 Å². The van der Waals surface area contributed by atoms with E-state index in [1.807, 2.05) is 6.92 Å². The van der Waals surface area contributed by atoms with Crippen LogP contribution in [0.4, 0.5) is 0 Å². The number of ketones is 1. The molecule has 0 aromatic rings. The van der Waals surface area contributed by atoms with E-state index < -0.39 is 0 Å². The van der Waals surface area contributed by atoms with Crippen molar-refractivity contribution >= 4 is 5.78 Å². The van der Waals surface area contributed by atoms with E-state index >= 15 is 0 Å². The molecule has 4 aliphatic carbocycles. The second kappa shape index (κ2) is 7.57. The lowest BCUT2D eigenvalue weighted by molar-refractivity contribution is -0.155. The largest absolute Gasteiger partial charge is 0.365 e. The summed E-state index contributed by atoms with van der Waals surface area (Å²) in [4.78, 5) is 12.9. The number of carbonyl (C=O) groups excluding carboxylic acids is 1. The second-order valence-electron chi connectivity index (χ2n) is 13.5. The fourth-order valence-electron chi connectivity index (χ4n) is 10.4. The molecule has 1 saturated heterocycles. The van der Waals surface area contributed by atoms with Gasteiger partial charge >= 0.3 is 0 Å². The van der Waals surface area contributed by atoms with Gasteiger partial charge in [0.05, 0.1) is 6.10 Å². The highest BCUT2D eigenvalue weighted by Gasteiger charge is 2.78. The van der Waals surface area contributed by atoms with Crippen LogP contribution < -0.4 is 0 Å². The number of ether oxygens (including phenoxy) is 1. The molecule has 2 nitrogen and oxygen atoms in total. The fourth-order valence-corrected chi connectivity index (χ4v) is 10.4. The number of hydrogen-bond donors (Lipinski definition) is 0. The number of hydrogen-bond acceptors (Lipinski definition) is 2. The normalized spacial score (nSPS) is 51.5. The summed E-state index contributed by atoms with van der Waals surface area (Å²) in [6, 6.07) is 0. The van der Waals surface area contributed by atoms with Gasteiger partial charge in [-0.1, -0.05) is 60.3 Å². The van der Waals surface area contributed by atoms with Crippen LogP contribution in [0, 0.1) is 52.3 Å². The first-order chi connectivity index (χ1) is 14.6. The molecule has 0 amide bonds. The molecule has 10 atom stereocenters. The molecule has 5 rings (SSSR count). The van der Waals surface area contributed by atoms with Crippen LogP contribution in [0.2, 0.25) is 0 Å². The van der Waals surface area contributed by atoms with E-state index in [-0.39, 0.29) is 16.9 Å². The van der Waals surface area contributed by atoms with Crippen LogP contribution in [-0.4, -0.2) is 17.5 Å². The minimum absolute atomic E-state index is 0.0892. The Morgan fingerprint density at radius 1 is 1.00 bits per heavy atom. The van der Waals surface area contributed by atoms with Crippen LogP contribution in [-0.2, 0) is 9.53 Å². The zero-order valence-corrected chi connectivity index (χ0v) is 21.2. The Morgan fingerprint density at radius 2 is 1.77 bits per heavy atom. The van der Waals surface area contributed by atoms with Crippen molar-refractivity contribution in [2.45, 2.75) is 124 Å². The van der Waals surface area contributed by atoms with Gasteiger partial charge in [0.15, 0.2) is 0 Å². The van der Waals surface area contributed by atoms with Gasteiger partial charge in [-0.3, -0.25) is 4.79 Å². The summed E-state index contributed by atoms with van der Waals surface area (Å²) in [6.45, 7) is 14.4. The third-order valence-electron chi connectivity index (χ3n) is 11.8. The number of epoxide rings is 1. The van der Waals surface area contributed by atoms with Crippen molar-refractivity contribution in [3.63, 3.8) is 0 Å². The number of carbonyl (C=O) groups is 1. The number of Topliss-reactive ketones (excluding diaryl/α,β-unsaturated/α-hetero) is 1. The van der Waals surface area contributed by atoms with Crippen LogP contribution in [0.25, 0.3) is 0 Å². The molecule has 0 aromatic heterocycles. The first-order valence-electron chi connectivity index (χ1n) is 13.8. The Balaban J connectivity index is 1.39. The lowest BCUT2D eigenvalue weighted by Crippen LogP contribution is -2.61. The molecule has 0 bridgehead atoms. The zero-order valence-electron chi connectivity index (χ0n) is 21.2. The summed E-state index contributed by atoms with van der Waals surface area (Å²) < 4.78 is 6.53. The molecule has 5 fully saturated rings. The molecule has 4 saturated carbocycles. The minimum atomic E-state index is -0.0892. The van der Waals surface area contributed by atoms with Crippen molar-refractivity contribution in [1.29, 1.82) is 0 Å². The van der Waals surface area contributed by atoms with Crippen LogP contribution >= 0.6 is 0 Å². The van der Waals surface area contributed by atoms with E-state index in [2.05, 4.69) is 34.6 Å². The summed E-state index contributed by atoms with van der Waals surface area (Å²) in [7, 11) is 0. The van der Waals surface area contributed by atoms with Crippen molar-refractivity contribution < 1.29 is 9.53 Å². The standard InChI is InChI=1S/C29H48O2/c1-18(2)9-7-10-19(3)22-12-13-23-21-17-25(20(4)30)29-26(31-29)11-8-15-28(29,6)24(21)14-16-27(22,23)5/h18-19,21-26H,7-17H2,1-6H3/t19-,21+,22-,23+,24+,25?,26-,27-,28-,29-/m1/s1. The van der Waals surface area contributed by atoms with Gasteiger partial charge in [0, 0.05) is 11.3 Å². The van der Waals surface area contributed by atoms with Gasteiger partial charge in [-0.15, -0.1) is 0 Å². The highest BCUT2D eigenvalue weighted by molar-refractivity contribution is 5.81. The third-order valence-corrected chi connectivity index (χ3v) is 11.8. The Bertz CT molecular complexity index is 714. The van der Waals surface area contributed by atoms with Crippen LogP contribution in [0.3, 0.4) is 0 Å².